The van der Waals surface area contributed by atoms with E-state index in [0.29, 0.717) is 12.3 Å². The number of ether oxygens (including phenoxy) is 2. The molecule has 21 heavy (non-hydrogen) atoms. The van der Waals surface area contributed by atoms with Crippen LogP contribution in [0.25, 0.3) is 0 Å². The van der Waals surface area contributed by atoms with Crippen molar-refractivity contribution in [2.24, 2.45) is 0 Å². The maximum Gasteiger partial charge on any atom is 0.334 e. The van der Waals surface area contributed by atoms with E-state index >= 15 is 0 Å². The van der Waals surface area contributed by atoms with E-state index in [-0.39, 0.29) is 25.2 Å². The Balaban J connectivity index is 1.92. The fraction of sp³-hybridized carbons (Fsp3) is 0.429. The molecule has 1 aliphatic rings. The van der Waals surface area contributed by atoms with Gasteiger partial charge in [-0.3, -0.25) is 4.79 Å². The monoisotopic (exact) mass is 357 g/mol. The van der Waals surface area contributed by atoms with E-state index in [9.17, 15) is 9.59 Å². The summed E-state index contributed by atoms with van der Waals surface area (Å²) in [4.78, 5) is 24.6. The van der Waals surface area contributed by atoms with Crippen LogP contribution < -0.4 is 4.74 Å². The molecule has 0 radical (unpaired) electrons. The molecule has 7 heteroatoms. The van der Waals surface area contributed by atoms with Gasteiger partial charge in [0.15, 0.2) is 12.7 Å². The number of hydrogen-bond donors (Lipinski definition) is 1. The molecular formula is C14H16BrNO5. The molecule has 114 valence electrons. The van der Waals surface area contributed by atoms with E-state index in [1.807, 2.05) is 6.07 Å². The van der Waals surface area contributed by atoms with Crippen molar-refractivity contribution in [2.45, 2.75) is 19.1 Å². The number of carboxylic acid groups (broad SMARTS) is 1. The molecule has 0 bridgehead atoms. The van der Waals surface area contributed by atoms with Crippen molar-refractivity contribution in [1.29, 1.82) is 0 Å². The molecular weight excluding hydrogens is 342 g/mol. The van der Waals surface area contributed by atoms with E-state index in [4.69, 9.17) is 14.6 Å². The van der Waals surface area contributed by atoms with Crippen LogP contribution in [0.5, 0.6) is 5.75 Å². The minimum absolute atomic E-state index is 0.0420. The zero-order chi connectivity index (χ0) is 15.4. The Morgan fingerprint density at radius 1 is 1.48 bits per heavy atom. The number of rotatable bonds is 4. The van der Waals surface area contributed by atoms with E-state index in [0.717, 1.165) is 4.47 Å². The number of carbonyl (C=O) groups is 2. The van der Waals surface area contributed by atoms with Gasteiger partial charge >= 0.3 is 5.97 Å². The quantitative estimate of drug-likeness (QED) is 0.884. The molecule has 1 unspecified atom stereocenters. The van der Waals surface area contributed by atoms with Gasteiger partial charge in [-0.1, -0.05) is 22.0 Å². The minimum Gasteiger partial charge on any atom is -0.484 e. The van der Waals surface area contributed by atoms with Gasteiger partial charge in [0.25, 0.3) is 5.91 Å². The summed E-state index contributed by atoms with van der Waals surface area (Å²) in [6.45, 7) is 2.02. The normalized spacial score (nSPS) is 21.9. The Morgan fingerprint density at radius 2 is 2.24 bits per heavy atom. The van der Waals surface area contributed by atoms with Gasteiger partial charge in [-0.25, -0.2) is 4.79 Å². The smallest absolute Gasteiger partial charge is 0.334 e. The third-order valence-electron chi connectivity index (χ3n) is 3.05. The number of nitrogens with zero attached hydrogens (tertiary/aromatic N) is 1. The van der Waals surface area contributed by atoms with Gasteiger partial charge in [0.05, 0.1) is 12.6 Å². The van der Waals surface area contributed by atoms with E-state index in [1.165, 1.54) is 4.90 Å². The number of amides is 1. The van der Waals surface area contributed by atoms with Gasteiger partial charge in [-0.15, -0.1) is 0 Å². The lowest BCUT2D eigenvalue weighted by molar-refractivity contribution is -0.167. The molecule has 1 saturated heterocycles. The average Bonchev–Trinajstić information content (AvgIpc) is 2.44. The number of carbonyl (C=O) groups excluding carboxylic acids is 1. The van der Waals surface area contributed by atoms with Crippen molar-refractivity contribution in [3.05, 3.63) is 28.7 Å². The molecule has 2 rings (SSSR count). The lowest BCUT2D eigenvalue weighted by Crippen LogP contribution is -2.52. The van der Waals surface area contributed by atoms with Crippen LogP contribution in [0.1, 0.15) is 6.92 Å². The summed E-state index contributed by atoms with van der Waals surface area (Å²) in [5, 5.41) is 8.99. The van der Waals surface area contributed by atoms with Crippen LogP contribution in [0.15, 0.2) is 28.7 Å². The molecule has 1 aromatic rings. The molecule has 0 saturated carbocycles. The van der Waals surface area contributed by atoms with Crippen molar-refractivity contribution < 1.29 is 24.2 Å². The molecule has 6 nitrogen and oxygen atoms in total. The van der Waals surface area contributed by atoms with Crippen molar-refractivity contribution >= 4 is 27.8 Å². The van der Waals surface area contributed by atoms with Crippen molar-refractivity contribution in [3.63, 3.8) is 0 Å². The predicted molar refractivity (Wildman–Crippen MR) is 78.2 cm³/mol. The van der Waals surface area contributed by atoms with Gasteiger partial charge in [0.1, 0.15) is 5.75 Å². The lowest BCUT2D eigenvalue weighted by Gasteiger charge is -2.34. The number of aliphatic carboxylic acids is 1. The zero-order valence-corrected chi connectivity index (χ0v) is 13.1. The Morgan fingerprint density at radius 3 is 2.90 bits per heavy atom. The van der Waals surface area contributed by atoms with Gasteiger partial charge in [0, 0.05) is 11.0 Å². The highest BCUT2D eigenvalue weighted by molar-refractivity contribution is 9.10. The van der Waals surface area contributed by atoms with E-state index in [2.05, 4.69) is 15.9 Å². The third-order valence-corrected chi connectivity index (χ3v) is 3.54. The molecule has 1 heterocycles. The highest BCUT2D eigenvalue weighted by atomic mass is 79.9. The first-order valence-corrected chi connectivity index (χ1v) is 7.29. The first-order valence-electron chi connectivity index (χ1n) is 6.50. The first kappa shape index (κ1) is 15.8. The molecule has 0 spiro atoms. The van der Waals surface area contributed by atoms with E-state index in [1.54, 1.807) is 25.1 Å². The van der Waals surface area contributed by atoms with Crippen LogP contribution in [0.2, 0.25) is 0 Å². The fourth-order valence-electron chi connectivity index (χ4n) is 2.08. The highest BCUT2D eigenvalue weighted by Crippen LogP contribution is 2.18. The Labute approximate surface area is 130 Å². The van der Waals surface area contributed by atoms with Crippen LogP contribution in [0.3, 0.4) is 0 Å². The Hall–Kier alpha value is -1.60. The van der Waals surface area contributed by atoms with Gasteiger partial charge in [-0.05, 0) is 25.1 Å². The Bertz CT molecular complexity index is 536. The largest absolute Gasteiger partial charge is 0.484 e. The molecule has 1 fully saturated rings. The number of carboxylic acids is 1. The zero-order valence-electron chi connectivity index (χ0n) is 11.5. The van der Waals surface area contributed by atoms with Crippen LogP contribution in [-0.2, 0) is 14.3 Å². The van der Waals surface area contributed by atoms with Crippen molar-refractivity contribution in [1.82, 2.24) is 4.90 Å². The number of halogens is 1. The maximum atomic E-state index is 12.1. The molecule has 1 N–H and O–H groups in total. The summed E-state index contributed by atoms with van der Waals surface area (Å²) in [7, 11) is 0. The fourth-order valence-corrected chi connectivity index (χ4v) is 2.46. The number of benzene rings is 1. The van der Waals surface area contributed by atoms with Crippen molar-refractivity contribution in [2.75, 3.05) is 19.7 Å². The SMILES string of the molecule is C[C@@H]1CN(C(=O)COc2cccc(Br)c2)CC(C(=O)O)O1. The molecule has 0 aromatic heterocycles. The highest BCUT2D eigenvalue weighted by Gasteiger charge is 2.32. The Kier molecular flexibility index (Phi) is 5.19. The average molecular weight is 358 g/mol. The number of hydrogen-bond acceptors (Lipinski definition) is 4. The topological polar surface area (TPSA) is 76.1 Å². The maximum absolute atomic E-state index is 12.1. The number of morpholine rings is 1. The lowest BCUT2D eigenvalue weighted by atomic mass is 10.2. The van der Waals surface area contributed by atoms with Crippen LogP contribution >= 0.6 is 15.9 Å². The first-order chi connectivity index (χ1) is 9.95. The standard InChI is InChI=1S/C14H16BrNO5/c1-9-6-16(7-12(21-9)14(18)19)13(17)8-20-11-4-2-3-10(15)5-11/h2-5,9,12H,6-8H2,1H3,(H,18,19)/t9-,12?/m1/s1. The summed E-state index contributed by atoms with van der Waals surface area (Å²) in [6, 6.07) is 7.17. The van der Waals surface area contributed by atoms with Crippen LogP contribution in [0, 0.1) is 0 Å². The van der Waals surface area contributed by atoms with Gasteiger partial charge in [0.2, 0.25) is 0 Å². The second-order valence-electron chi connectivity index (χ2n) is 4.82. The molecule has 1 amide bonds. The molecule has 1 aliphatic heterocycles. The van der Waals surface area contributed by atoms with Crippen LogP contribution in [0.4, 0.5) is 0 Å². The second-order valence-corrected chi connectivity index (χ2v) is 5.73. The van der Waals surface area contributed by atoms with E-state index < -0.39 is 12.1 Å². The van der Waals surface area contributed by atoms with Gasteiger partial charge < -0.3 is 19.5 Å². The van der Waals surface area contributed by atoms with Crippen molar-refractivity contribution in [3.8, 4) is 5.75 Å². The molecule has 1 aromatic carbocycles. The third kappa shape index (κ3) is 4.44. The summed E-state index contributed by atoms with van der Waals surface area (Å²) in [5.41, 5.74) is 0. The molecule has 0 aliphatic carbocycles. The second kappa shape index (κ2) is 6.91. The molecule has 2 atom stereocenters. The minimum atomic E-state index is -1.06. The summed E-state index contributed by atoms with van der Waals surface area (Å²) >= 11 is 3.32. The van der Waals surface area contributed by atoms with Gasteiger partial charge in [-0.2, -0.15) is 0 Å². The summed E-state index contributed by atoms with van der Waals surface area (Å²) in [5.74, 6) is -0.738. The van der Waals surface area contributed by atoms with Crippen LogP contribution in [-0.4, -0.2) is 53.8 Å². The predicted octanol–water partition coefficient (Wildman–Crippen LogP) is 1.53. The summed E-state index contributed by atoms with van der Waals surface area (Å²) in [6.07, 6.45) is -1.29. The summed E-state index contributed by atoms with van der Waals surface area (Å²) < 4.78 is 11.5.